The molecule has 1 atom stereocenters. The molecule has 1 aromatic rings. The molecule has 2 rings (SSSR count). The Morgan fingerprint density at radius 1 is 1.56 bits per heavy atom. The second-order valence-corrected chi connectivity index (χ2v) is 6.37. The van der Waals surface area contributed by atoms with Gasteiger partial charge in [-0.25, -0.2) is 13.4 Å². The molecule has 2 heterocycles. The molecule has 1 aromatic heterocycles. The molecule has 0 aliphatic carbocycles. The molecule has 90 valence electrons. The maximum Gasteiger partial charge on any atom is 0.212 e. The van der Waals surface area contributed by atoms with E-state index in [1.807, 2.05) is 0 Å². The SMILES string of the molecule is NCCCc1coc(C2CCCS2(=O)=O)n1. The molecular formula is C10H16N2O3S. The van der Waals surface area contributed by atoms with Crippen molar-refractivity contribution in [3.8, 4) is 0 Å². The summed E-state index contributed by atoms with van der Waals surface area (Å²) in [6.07, 6.45) is 4.45. The van der Waals surface area contributed by atoms with Crippen LogP contribution in [0.4, 0.5) is 0 Å². The fourth-order valence-corrected chi connectivity index (χ4v) is 3.73. The Morgan fingerprint density at radius 2 is 2.38 bits per heavy atom. The predicted molar refractivity (Wildman–Crippen MR) is 59.6 cm³/mol. The van der Waals surface area contributed by atoms with Gasteiger partial charge in [-0.15, -0.1) is 0 Å². The summed E-state index contributed by atoms with van der Waals surface area (Å²) in [7, 11) is -3.03. The molecule has 0 amide bonds. The fourth-order valence-electron chi connectivity index (χ4n) is 1.94. The van der Waals surface area contributed by atoms with Crippen LogP contribution < -0.4 is 5.73 Å². The minimum atomic E-state index is -3.03. The maximum atomic E-state index is 11.7. The normalized spacial score (nSPS) is 23.7. The van der Waals surface area contributed by atoms with Gasteiger partial charge in [0.25, 0.3) is 0 Å². The summed E-state index contributed by atoms with van der Waals surface area (Å²) in [6, 6.07) is 0. The zero-order valence-corrected chi connectivity index (χ0v) is 9.87. The largest absolute Gasteiger partial charge is 0.447 e. The topological polar surface area (TPSA) is 86.2 Å². The van der Waals surface area contributed by atoms with E-state index in [1.54, 1.807) is 6.26 Å². The van der Waals surface area contributed by atoms with Crippen molar-refractivity contribution in [2.75, 3.05) is 12.3 Å². The monoisotopic (exact) mass is 244 g/mol. The van der Waals surface area contributed by atoms with E-state index in [9.17, 15) is 8.42 Å². The first-order valence-corrected chi connectivity index (χ1v) is 7.21. The third kappa shape index (κ3) is 2.27. The van der Waals surface area contributed by atoms with E-state index in [0.717, 1.165) is 18.5 Å². The summed E-state index contributed by atoms with van der Waals surface area (Å²) in [5.41, 5.74) is 6.19. The molecule has 5 nitrogen and oxygen atoms in total. The number of nitrogens with zero attached hydrogens (tertiary/aromatic N) is 1. The van der Waals surface area contributed by atoms with Crippen molar-refractivity contribution in [3.05, 3.63) is 17.8 Å². The first kappa shape index (κ1) is 11.6. The van der Waals surface area contributed by atoms with E-state index in [0.29, 0.717) is 25.3 Å². The smallest absolute Gasteiger partial charge is 0.212 e. The Morgan fingerprint density at radius 3 is 3.00 bits per heavy atom. The Labute approximate surface area is 95.0 Å². The van der Waals surface area contributed by atoms with Gasteiger partial charge in [0.2, 0.25) is 5.89 Å². The molecule has 0 bridgehead atoms. The number of hydrogen-bond donors (Lipinski definition) is 1. The molecule has 0 radical (unpaired) electrons. The first-order valence-electron chi connectivity index (χ1n) is 5.49. The van der Waals surface area contributed by atoms with Crippen molar-refractivity contribution in [1.82, 2.24) is 4.98 Å². The minimum absolute atomic E-state index is 0.248. The first-order chi connectivity index (χ1) is 7.63. The van der Waals surface area contributed by atoms with Gasteiger partial charge in [-0.3, -0.25) is 0 Å². The van der Waals surface area contributed by atoms with Gasteiger partial charge in [0.05, 0.1) is 11.4 Å². The molecule has 2 N–H and O–H groups in total. The minimum Gasteiger partial charge on any atom is -0.447 e. The summed E-state index contributed by atoms with van der Waals surface area (Å²) in [5.74, 6) is 0.600. The summed E-state index contributed by atoms with van der Waals surface area (Å²) in [5, 5.41) is -0.529. The van der Waals surface area contributed by atoms with Crippen molar-refractivity contribution < 1.29 is 12.8 Å². The van der Waals surface area contributed by atoms with Crippen molar-refractivity contribution in [1.29, 1.82) is 0 Å². The van der Waals surface area contributed by atoms with Gasteiger partial charge in [-0.2, -0.15) is 0 Å². The van der Waals surface area contributed by atoms with Crippen LogP contribution in [0.2, 0.25) is 0 Å². The van der Waals surface area contributed by atoms with Gasteiger partial charge < -0.3 is 10.2 Å². The molecule has 6 heteroatoms. The van der Waals surface area contributed by atoms with Crippen molar-refractivity contribution in [2.24, 2.45) is 5.73 Å². The van der Waals surface area contributed by atoms with Crippen LogP contribution >= 0.6 is 0 Å². The van der Waals surface area contributed by atoms with Gasteiger partial charge in [-0.05, 0) is 32.2 Å². The summed E-state index contributed by atoms with van der Waals surface area (Å²) in [6.45, 7) is 0.601. The lowest BCUT2D eigenvalue weighted by Crippen LogP contribution is -2.08. The Bertz CT molecular complexity index is 452. The van der Waals surface area contributed by atoms with E-state index < -0.39 is 15.1 Å². The van der Waals surface area contributed by atoms with Gasteiger partial charge in [0.15, 0.2) is 9.84 Å². The molecular weight excluding hydrogens is 228 g/mol. The van der Waals surface area contributed by atoms with E-state index in [-0.39, 0.29) is 5.75 Å². The Hall–Kier alpha value is -0.880. The van der Waals surface area contributed by atoms with Crippen molar-refractivity contribution in [3.63, 3.8) is 0 Å². The molecule has 16 heavy (non-hydrogen) atoms. The van der Waals surface area contributed by atoms with E-state index in [1.165, 1.54) is 0 Å². The number of rotatable bonds is 4. The Kier molecular flexibility index (Phi) is 3.30. The second-order valence-electron chi connectivity index (χ2n) is 4.07. The third-order valence-corrected chi connectivity index (χ3v) is 4.97. The molecule has 0 spiro atoms. The molecule has 1 aliphatic rings. The fraction of sp³-hybridized carbons (Fsp3) is 0.700. The maximum absolute atomic E-state index is 11.7. The molecule has 1 saturated heterocycles. The van der Waals surface area contributed by atoms with Crippen molar-refractivity contribution >= 4 is 9.84 Å². The third-order valence-electron chi connectivity index (χ3n) is 2.81. The van der Waals surface area contributed by atoms with Crippen LogP contribution in [0.3, 0.4) is 0 Å². The molecule has 0 aromatic carbocycles. The lowest BCUT2D eigenvalue weighted by atomic mass is 10.2. The summed E-state index contributed by atoms with van der Waals surface area (Å²) in [4.78, 5) is 4.22. The number of oxazole rings is 1. The molecule has 0 saturated carbocycles. The summed E-state index contributed by atoms with van der Waals surface area (Å²) < 4.78 is 28.6. The number of aromatic nitrogens is 1. The average Bonchev–Trinajstić information content (AvgIpc) is 2.81. The highest BCUT2D eigenvalue weighted by Gasteiger charge is 2.36. The average molecular weight is 244 g/mol. The van der Waals surface area contributed by atoms with Crippen LogP contribution in [0, 0.1) is 0 Å². The molecule has 1 unspecified atom stereocenters. The quantitative estimate of drug-likeness (QED) is 0.847. The molecule has 1 aliphatic heterocycles. The summed E-state index contributed by atoms with van der Waals surface area (Å²) >= 11 is 0. The Balaban J connectivity index is 2.13. The van der Waals surface area contributed by atoms with Crippen LogP contribution in [-0.4, -0.2) is 25.7 Å². The standard InChI is InChI=1S/C10H16N2O3S/c11-5-1-3-8-7-15-10(12-8)9-4-2-6-16(9,13)14/h7,9H,1-6,11H2. The zero-order chi connectivity index (χ0) is 11.6. The van der Waals surface area contributed by atoms with Crippen LogP contribution in [0.15, 0.2) is 10.7 Å². The van der Waals surface area contributed by atoms with E-state index in [4.69, 9.17) is 10.2 Å². The van der Waals surface area contributed by atoms with E-state index >= 15 is 0 Å². The number of sulfone groups is 1. The van der Waals surface area contributed by atoms with Crippen LogP contribution in [0.1, 0.15) is 36.1 Å². The lowest BCUT2D eigenvalue weighted by molar-refractivity contribution is 0.476. The predicted octanol–water partition coefficient (Wildman–Crippen LogP) is 0.816. The van der Waals surface area contributed by atoms with Crippen molar-refractivity contribution in [2.45, 2.75) is 30.9 Å². The highest BCUT2D eigenvalue weighted by atomic mass is 32.2. The second kappa shape index (κ2) is 4.55. The number of aryl methyl sites for hydroxylation is 1. The molecule has 1 fully saturated rings. The van der Waals surface area contributed by atoms with Gasteiger partial charge in [-0.1, -0.05) is 0 Å². The zero-order valence-electron chi connectivity index (χ0n) is 9.05. The highest BCUT2D eigenvalue weighted by Crippen LogP contribution is 2.33. The van der Waals surface area contributed by atoms with Gasteiger partial charge >= 0.3 is 0 Å². The van der Waals surface area contributed by atoms with Gasteiger partial charge in [0, 0.05) is 0 Å². The highest BCUT2D eigenvalue weighted by molar-refractivity contribution is 7.91. The van der Waals surface area contributed by atoms with E-state index in [2.05, 4.69) is 4.98 Å². The van der Waals surface area contributed by atoms with Gasteiger partial charge in [0.1, 0.15) is 11.5 Å². The number of hydrogen-bond acceptors (Lipinski definition) is 5. The number of nitrogens with two attached hydrogens (primary N) is 1. The van der Waals surface area contributed by atoms with Crippen LogP contribution in [-0.2, 0) is 16.3 Å². The van der Waals surface area contributed by atoms with Crippen LogP contribution in [0.25, 0.3) is 0 Å². The lowest BCUT2D eigenvalue weighted by Gasteiger charge is -2.02. The van der Waals surface area contributed by atoms with Crippen LogP contribution in [0.5, 0.6) is 0 Å².